The highest BCUT2D eigenvalue weighted by atomic mass is 16.6. The number of amides is 2. The fraction of sp³-hybridized carbons (Fsp3) is 0.667. The van der Waals surface area contributed by atoms with Gasteiger partial charge in [0.2, 0.25) is 5.91 Å². The predicted octanol–water partition coefficient (Wildman–Crippen LogP) is 4.27. The lowest BCUT2D eigenvalue weighted by atomic mass is 9.96. The van der Waals surface area contributed by atoms with Crippen molar-refractivity contribution in [1.29, 1.82) is 0 Å². The van der Waals surface area contributed by atoms with Crippen molar-refractivity contribution >= 4 is 12.0 Å². The standard InChI is InChI=1S/C24H39N3O3/c1-6-11-21(20-13-8-7-9-14-20)26-22(28)18(2)27-15-10-12-19(17-27)16-25-23(29)30-24(3,4)5/h7-9,13-14,18-19,21H,6,10-12,15-17H2,1-5H3,(H,25,29)(H,26,28). The smallest absolute Gasteiger partial charge is 0.407 e. The van der Waals surface area contributed by atoms with Gasteiger partial charge in [0, 0.05) is 13.1 Å². The van der Waals surface area contributed by atoms with Crippen LogP contribution in [0.3, 0.4) is 0 Å². The van der Waals surface area contributed by atoms with Gasteiger partial charge in [-0.05, 0) is 65.0 Å². The van der Waals surface area contributed by atoms with Crippen LogP contribution in [0.1, 0.15) is 71.9 Å². The molecular weight excluding hydrogens is 378 g/mol. The van der Waals surface area contributed by atoms with Crippen molar-refractivity contribution in [3.8, 4) is 0 Å². The first-order chi connectivity index (χ1) is 14.2. The monoisotopic (exact) mass is 417 g/mol. The van der Waals surface area contributed by atoms with Crippen LogP contribution in [0.2, 0.25) is 0 Å². The van der Waals surface area contributed by atoms with E-state index in [0.29, 0.717) is 12.5 Å². The summed E-state index contributed by atoms with van der Waals surface area (Å²) in [6.45, 7) is 12.0. The zero-order valence-corrected chi connectivity index (χ0v) is 19.2. The molecule has 6 heteroatoms. The van der Waals surface area contributed by atoms with Crippen molar-refractivity contribution < 1.29 is 14.3 Å². The normalized spacial score (nSPS) is 19.6. The fourth-order valence-electron chi connectivity index (χ4n) is 3.91. The molecule has 0 aliphatic carbocycles. The maximum absolute atomic E-state index is 13.0. The van der Waals surface area contributed by atoms with E-state index in [9.17, 15) is 9.59 Å². The second kappa shape index (κ2) is 11.3. The van der Waals surface area contributed by atoms with Gasteiger partial charge in [-0.15, -0.1) is 0 Å². The molecule has 1 aromatic carbocycles. The van der Waals surface area contributed by atoms with E-state index in [1.165, 1.54) is 0 Å². The van der Waals surface area contributed by atoms with Crippen LogP contribution in [0.15, 0.2) is 30.3 Å². The minimum atomic E-state index is -0.497. The van der Waals surface area contributed by atoms with Crippen LogP contribution in [-0.4, -0.2) is 48.2 Å². The first-order valence-corrected chi connectivity index (χ1v) is 11.3. The van der Waals surface area contributed by atoms with E-state index in [4.69, 9.17) is 4.74 Å². The molecule has 0 spiro atoms. The van der Waals surface area contributed by atoms with E-state index in [-0.39, 0.29) is 24.1 Å². The van der Waals surface area contributed by atoms with Gasteiger partial charge in [-0.25, -0.2) is 4.79 Å². The Morgan fingerprint density at radius 3 is 2.57 bits per heavy atom. The van der Waals surface area contributed by atoms with Crippen LogP contribution < -0.4 is 10.6 Å². The lowest BCUT2D eigenvalue weighted by molar-refractivity contribution is -0.127. The van der Waals surface area contributed by atoms with Crippen molar-refractivity contribution in [3.05, 3.63) is 35.9 Å². The highest BCUT2D eigenvalue weighted by molar-refractivity contribution is 5.81. The minimum absolute atomic E-state index is 0.0422. The minimum Gasteiger partial charge on any atom is -0.444 e. The first kappa shape index (κ1) is 24.2. The Bertz CT molecular complexity index is 672. The summed E-state index contributed by atoms with van der Waals surface area (Å²) >= 11 is 0. The fourth-order valence-corrected chi connectivity index (χ4v) is 3.91. The topological polar surface area (TPSA) is 70.7 Å². The molecule has 0 radical (unpaired) electrons. The number of hydrogen-bond acceptors (Lipinski definition) is 4. The Hall–Kier alpha value is -2.08. The van der Waals surface area contributed by atoms with E-state index in [0.717, 1.165) is 44.3 Å². The highest BCUT2D eigenvalue weighted by Crippen LogP contribution is 2.21. The number of nitrogens with zero attached hydrogens (tertiary/aromatic N) is 1. The van der Waals surface area contributed by atoms with Crippen molar-refractivity contribution in [1.82, 2.24) is 15.5 Å². The van der Waals surface area contributed by atoms with Gasteiger partial charge in [0.25, 0.3) is 0 Å². The van der Waals surface area contributed by atoms with Crippen LogP contribution in [0, 0.1) is 5.92 Å². The SMILES string of the molecule is CCCC(NC(=O)C(C)N1CCCC(CNC(=O)OC(C)(C)C)C1)c1ccccc1. The van der Waals surface area contributed by atoms with Gasteiger partial charge in [-0.1, -0.05) is 43.7 Å². The molecule has 1 aliphatic rings. The summed E-state index contributed by atoms with van der Waals surface area (Å²) in [5, 5.41) is 6.13. The molecular formula is C24H39N3O3. The predicted molar refractivity (Wildman–Crippen MR) is 120 cm³/mol. The van der Waals surface area contributed by atoms with E-state index >= 15 is 0 Å². The Balaban J connectivity index is 1.88. The number of carbonyl (C=O) groups excluding carboxylic acids is 2. The first-order valence-electron chi connectivity index (χ1n) is 11.3. The molecule has 0 saturated carbocycles. The third-order valence-electron chi connectivity index (χ3n) is 5.51. The third kappa shape index (κ3) is 7.98. The molecule has 0 aromatic heterocycles. The molecule has 30 heavy (non-hydrogen) atoms. The van der Waals surface area contributed by atoms with Crippen molar-refractivity contribution in [2.45, 2.75) is 78.0 Å². The van der Waals surface area contributed by atoms with Gasteiger partial charge >= 0.3 is 6.09 Å². The molecule has 1 heterocycles. The summed E-state index contributed by atoms with van der Waals surface area (Å²) in [6.07, 6.45) is 3.62. The van der Waals surface area contributed by atoms with Crippen molar-refractivity contribution in [2.75, 3.05) is 19.6 Å². The number of benzene rings is 1. The third-order valence-corrected chi connectivity index (χ3v) is 5.51. The van der Waals surface area contributed by atoms with Gasteiger partial charge in [-0.3, -0.25) is 9.69 Å². The van der Waals surface area contributed by atoms with Gasteiger partial charge in [0.05, 0.1) is 12.1 Å². The summed E-state index contributed by atoms with van der Waals surface area (Å²) in [6, 6.07) is 10.0. The Morgan fingerprint density at radius 1 is 1.23 bits per heavy atom. The van der Waals surface area contributed by atoms with Crippen molar-refractivity contribution in [2.24, 2.45) is 5.92 Å². The van der Waals surface area contributed by atoms with Crippen LogP contribution in [0.25, 0.3) is 0 Å². The van der Waals surface area contributed by atoms with Crippen LogP contribution in [-0.2, 0) is 9.53 Å². The summed E-state index contributed by atoms with van der Waals surface area (Å²) in [5.74, 6) is 0.389. The number of piperidine rings is 1. The molecule has 2 N–H and O–H groups in total. The second-order valence-electron chi connectivity index (χ2n) is 9.32. The lowest BCUT2D eigenvalue weighted by Crippen LogP contribution is -2.51. The summed E-state index contributed by atoms with van der Waals surface area (Å²) in [4.78, 5) is 27.1. The number of alkyl carbamates (subject to hydrolysis) is 1. The number of ether oxygens (including phenoxy) is 1. The van der Waals surface area contributed by atoms with E-state index < -0.39 is 5.60 Å². The molecule has 1 aromatic rings. The molecule has 6 nitrogen and oxygen atoms in total. The van der Waals surface area contributed by atoms with E-state index in [1.54, 1.807) is 0 Å². The largest absolute Gasteiger partial charge is 0.444 e. The van der Waals surface area contributed by atoms with Crippen molar-refractivity contribution in [3.63, 3.8) is 0 Å². The molecule has 3 atom stereocenters. The Labute approximate surface area is 181 Å². The Morgan fingerprint density at radius 2 is 1.93 bits per heavy atom. The molecule has 2 amide bonds. The average Bonchev–Trinajstić information content (AvgIpc) is 2.71. The number of hydrogen-bond donors (Lipinski definition) is 2. The lowest BCUT2D eigenvalue weighted by Gasteiger charge is -2.36. The van der Waals surface area contributed by atoms with Gasteiger partial charge < -0.3 is 15.4 Å². The summed E-state index contributed by atoms with van der Waals surface area (Å²) in [7, 11) is 0. The zero-order valence-electron chi connectivity index (χ0n) is 19.2. The molecule has 1 fully saturated rings. The quantitative estimate of drug-likeness (QED) is 0.663. The molecule has 1 aliphatic heterocycles. The van der Waals surface area contributed by atoms with Crippen LogP contribution in [0.4, 0.5) is 4.79 Å². The van der Waals surface area contributed by atoms with Crippen LogP contribution in [0.5, 0.6) is 0 Å². The summed E-state index contributed by atoms with van der Waals surface area (Å²) in [5.41, 5.74) is 0.654. The van der Waals surface area contributed by atoms with E-state index in [2.05, 4.69) is 34.6 Å². The molecule has 1 saturated heterocycles. The number of nitrogens with one attached hydrogen (secondary N) is 2. The number of rotatable bonds is 8. The zero-order chi connectivity index (χ0) is 22.1. The maximum atomic E-state index is 13.0. The van der Waals surface area contributed by atoms with Crippen LogP contribution >= 0.6 is 0 Å². The molecule has 168 valence electrons. The highest BCUT2D eigenvalue weighted by Gasteiger charge is 2.29. The van der Waals surface area contributed by atoms with Gasteiger partial charge in [-0.2, -0.15) is 0 Å². The van der Waals surface area contributed by atoms with Gasteiger partial charge in [0.15, 0.2) is 0 Å². The average molecular weight is 418 g/mol. The number of likely N-dealkylation sites (tertiary alicyclic amines) is 1. The Kier molecular flexibility index (Phi) is 9.15. The molecule has 0 bridgehead atoms. The van der Waals surface area contributed by atoms with Gasteiger partial charge in [0.1, 0.15) is 5.60 Å². The maximum Gasteiger partial charge on any atom is 0.407 e. The molecule has 3 unspecified atom stereocenters. The number of carbonyl (C=O) groups is 2. The molecule has 2 rings (SSSR count). The second-order valence-corrected chi connectivity index (χ2v) is 9.32. The summed E-state index contributed by atoms with van der Waals surface area (Å²) < 4.78 is 5.32. The van der Waals surface area contributed by atoms with E-state index in [1.807, 2.05) is 45.9 Å².